The highest BCUT2D eigenvalue weighted by Crippen LogP contribution is 2.48. The highest BCUT2D eigenvalue weighted by atomic mass is 32.2. The van der Waals surface area contributed by atoms with Crippen LogP contribution in [0.15, 0.2) is 29.4 Å². The van der Waals surface area contributed by atoms with Crippen molar-refractivity contribution in [3.8, 4) is 17.6 Å². The van der Waals surface area contributed by atoms with Gasteiger partial charge in [0.05, 0.1) is 17.0 Å². The summed E-state index contributed by atoms with van der Waals surface area (Å²) in [6.45, 7) is 1.81. The minimum absolute atomic E-state index is 0.0808. The molecule has 0 bridgehead atoms. The van der Waals surface area contributed by atoms with Crippen LogP contribution in [0.2, 0.25) is 0 Å². The van der Waals surface area contributed by atoms with Crippen LogP contribution in [-0.4, -0.2) is 35.7 Å². The minimum Gasteiger partial charge on any atom is -0.310 e. The van der Waals surface area contributed by atoms with Crippen molar-refractivity contribution in [3.63, 3.8) is 0 Å². The molecule has 1 aliphatic carbocycles. The number of aromatic nitrogens is 4. The molecule has 0 atom stereocenters. The molecule has 1 aliphatic rings. The number of thiol groups is 1. The first-order valence-electron chi connectivity index (χ1n) is 9.41. The summed E-state index contributed by atoms with van der Waals surface area (Å²) in [6.07, 6.45) is 0.915. The summed E-state index contributed by atoms with van der Waals surface area (Å²) in [7, 11) is -1.20. The highest BCUT2D eigenvalue weighted by Gasteiger charge is 2.46. The van der Waals surface area contributed by atoms with Crippen molar-refractivity contribution in [2.45, 2.75) is 36.3 Å². The van der Waals surface area contributed by atoms with Gasteiger partial charge in [0.1, 0.15) is 11.2 Å². The van der Waals surface area contributed by atoms with Crippen LogP contribution >= 0.6 is 0 Å². The van der Waals surface area contributed by atoms with Gasteiger partial charge in [-0.3, -0.25) is 9.19 Å². The van der Waals surface area contributed by atoms with Crippen LogP contribution in [0.3, 0.4) is 0 Å². The maximum atomic E-state index is 13.4. The number of imidazole rings is 1. The van der Waals surface area contributed by atoms with Crippen molar-refractivity contribution in [1.82, 2.24) is 19.5 Å². The van der Waals surface area contributed by atoms with E-state index in [1.807, 2.05) is 0 Å². The second-order valence-electron chi connectivity index (χ2n) is 7.76. The smallest absolute Gasteiger partial charge is 0.310 e. The van der Waals surface area contributed by atoms with Gasteiger partial charge in [0.2, 0.25) is 0 Å². The molecule has 3 aromatic heterocycles. The van der Waals surface area contributed by atoms with E-state index >= 15 is 0 Å². The van der Waals surface area contributed by atoms with Gasteiger partial charge in [-0.2, -0.15) is 18.4 Å². The van der Waals surface area contributed by atoms with Crippen LogP contribution in [0.4, 0.5) is 13.2 Å². The molecule has 3 aromatic rings. The van der Waals surface area contributed by atoms with Gasteiger partial charge in [-0.25, -0.2) is 9.97 Å². The minimum atomic E-state index is -4.53. The zero-order valence-electron chi connectivity index (χ0n) is 16.7. The van der Waals surface area contributed by atoms with E-state index in [9.17, 15) is 22.6 Å². The molecular weight excluding hydrogens is 415 g/mol. The fraction of sp³-hybridized carbons (Fsp3) is 0.400. The van der Waals surface area contributed by atoms with Gasteiger partial charge in [0.15, 0.2) is 11.5 Å². The molecule has 0 aliphatic heterocycles. The monoisotopic (exact) mass is 435 g/mol. The lowest BCUT2D eigenvalue weighted by Crippen LogP contribution is -2.17. The molecule has 0 amide bonds. The van der Waals surface area contributed by atoms with Crippen molar-refractivity contribution in [3.05, 3.63) is 35.7 Å². The molecule has 1 saturated carbocycles. The van der Waals surface area contributed by atoms with Gasteiger partial charge in [0.25, 0.3) is 0 Å². The van der Waals surface area contributed by atoms with Crippen LogP contribution in [0.1, 0.15) is 30.9 Å². The predicted octanol–water partition coefficient (Wildman–Crippen LogP) is 3.63. The Bertz CT molecular complexity index is 1250. The normalized spacial score (nSPS) is 16.4. The third kappa shape index (κ3) is 3.17. The van der Waals surface area contributed by atoms with E-state index in [2.05, 4.69) is 21.0 Å². The number of fused-ring (bicyclic) bond motifs is 1. The average molecular weight is 435 g/mol. The molecule has 0 radical (unpaired) electrons. The van der Waals surface area contributed by atoms with E-state index in [0.29, 0.717) is 16.3 Å². The van der Waals surface area contributed by atoms with E-state index < -0.39 is 27.1 Å². The first kappa shape index (κ1) is 20.5. The van der Waals surface area contributed by atoms with Gasteiger partial charge in [0, 0.05) is 30.1 Å². The van der Waals surface area contributed by atoms with Gasteiger partial charge in [-0.1, -0.05) is 16.9 Å². The van der Waals surface area contributed by atoms with Crippen LogP contribution in [-0.2, 0) is 28.6 Å². The Labute approximate surface area is 172 Å². The quantitative estimate of drug-likeness (QED) is 0.633. The predicted molar refractivity (Wildman–Crippen MR) is 108 cm³/mol. The maximum absolute atomic E-state index is 13.4. The Morgan fingerprint density at radius 2 is 1.97 bits per heavy atom. The molecule has 0 spiro atoms. The Kier molecular flexibility index (Phi) is 4.51. The van der Waals surface area contributed by atoms with E-state index in [-0.39, 0.29) is 17.0 Å². The second-order valence-corrected chi connectivity index (χ2v) is 11.1. The summed E-state index contributed by atoms with van der Waals surface area (Å²) < 4.78 is 54.1. The number of nitrogens with zero attached hydrogens (tertiary/aromatic N) is 5. The number of pyridine rings is 2. The molecule has 10 heteroatoms. The third-order valence-electron chi connectivity index (χ3n) is 5.75. The Morgan fingerprint density at radius 3 is 2.53 bits per heavy atom. The zero-order chi connectivity index (χ0) is 21.9. The van der Waals surface area contributed by atoms with Crippen LogP contribution in [0.5, 0.6) is 0 Å². The highest BCUT2D eigenvalue weighted by molar-refractivity contribution is 8.02. The molecule has 0 aromatic carbocycles. The topological polar surface area (TPSA) is 84.5 Å². The first-order chi connectivity index (χ1) is 14.0. The molecule has 4 rings (SSSR count). The molecule has 0 unspecified atom stereocenters. The lowest BCUT2D eigenvalue weighted by molar-refractivity contribution is -0.137. The van der Waals surface area contributed by atoms with Crippen LogP contribution in [0.25, 0.3) is 22.7 Å². The molecule has 0 N–H and O–H groups in total. The van der Waals surface area contributed by atoms with E-state index in [1.165, 1.54) is 0 Å². The largest absolute Gasteiger partial charge is 0.417 e. The molecular formula is C20H20F3N5OS. The molecule has 0 saturated heterocycles. The number of aryl methyl sites for hydroxylation is 1. The molecule has 6 nitrogen and oxygen atoms in total. The number of rotatable bonds is 4. The van der Waals surface area contributed by atoms with E-state index in [4.69, 9.17) is 0 Å². The maximum Gasteiger partial charge on any atom is 0.417 e. The number of alkyl halides is 3. The van der Waals surface area contributed by atoms with Crippen LogP contribution in [0, 0.1) is 11.3 Å². The number of halogens is 3. The Morgan fingerprint density at radius 1 is 1.27 bits per heavy atom. The van der Waals surface area contributed by atoms with Gasteiger partial charge >= 0.3 is 6.18 Å². The SMILES string of the molecule is CC[SH](C)(=O)c1cc(C2(C#N)CC2)cnc1-c1nc2cc(C(F)(F)F)cnc2n1C. The second kappa shape index (κ2) is 6.60. The lowest BCUT2D eigenvalue weighted by atomic mass is 9.99. The fourth-order valence-corrected chi connectivity index (χ4v) is 4.81. The third-order valence-corrected chi connectivity index (χ3v) is 8.31. The summed E-state index contributed by atoms with van der Waals surface area (Å²) in [4.78, 5) is 13.2. The zero-order valence-corrected chi connectivity index (χ0v) is 17.6. The fourth-order valence-electron chi connectivity index (χ4n) is 3.45. The van der Waals surface area contributed by atoms with Crippen molar-refractivity contribution >= 4 is 21.1 Å². The Hall–Kier alpha value is -2.80. The summed E-state index contributed by atoms with van der Waals surface area (Å²) in [5.41, 5.74) is -0.0682. The Balaban J connectivity index is 1.94. The van der Waals surface area contributed by atoms with Gasteiger partial charge < -0.3 is 4.57 Å². The summed E-state index contributed by atoms with van der Waals surface area (Å²) in [5.74, 6) is 0.668. The number of hydrogen-bond donors (Lipinski definition) is 1. The standard InChI is InChI=1S/C20H20F3N5OS/c1-4-30(3,29)15-8-12(19(11-24)5-6-19)9-25-16(15)18-27-14-7-13(20(21,22)23)10-26-17(14)28(18)2/h7-10,30H,4-6H2,1-3H3. The average Bonchev–Trinajstić information content (AvgIpc) is 3.45. The van der Waals surface area contributed by atoms with Crippen molar-refractivity contribution in [1.29, 1.82) is 5.26 Å². The number of hydrogen-bond acceptors (Lipinski definition) is 5. The molecule has 1 fully saturated rings. The lowest BCUT2D eigenvalue weighted by Gasteiger charge is -2.21. The van der Waals surface area contributed by atoms with E-state index in [1.54, 1.807) is 37.1 Å². The first-order valence-corrected chi connectivity index (χ1v) is 11.8. The van der Waals surface area contributed by atoms with Crippen molar-refractivity contribution in [2.24, 2.45) is 7.05 Å². The van der Waals surface area contributed by atoms with Gasteiger partial charge in [-0.05, 0) is 36.8 Å². The van der Waals surface area contributed by atoms with E-state index in [0.717, 1.165) is 30.7 Å². The van der Waals surface area contributed by atoms with Crippen LogP contribution < -0.4 is 0 Å². The van der Waals surface area contributed by atoms with Gasteiger partial charge in [-0.15, -0.1) is 0 Å². The van der Waals surface area contributed by atoms with Crippen molar-refractivity contribution in [2.75, 3.05) is 12.0 Å². The summed E-state index contributed by atoms with van der Waals surface area (Å²) in [5, 5.41) is 9.51. The number of nitriles is 1. The summed E-state index contributed by atoms with van der Waals surface area (Å²) in [6, 6.07) is 5.02. The molecule has 3 heterocycles. The molecule has 158 valence electrons. The summed E-state index contributed by atoms with van der Waals surface area (Å²) >= 11 is 0. The molecule has 30 heavy (non-hydrogen) atoms. The van der Waals surface area contributed by atoms with Crippen molar-refractivity contribution < 1.29 is 17.4 Å².